The molecular weight excluding hydrogens is 366 g/mol. The molecule has 0 aliphatic carbocycles. The molecule has 2 aliphatic rings. The number of likely N-dealkylation sites (tertiary alicyclic amines) is 1. The number of piperidine rings is 1. The molecule has 0 bridgehead atoms. The van der Waals surface area contributed by atoms with Crippen molar-refractivity contribution in [2.75, 3.05) is 25.0 Å². The number of carbonyl (C=O) groups is 2. The number of hydrogen-bond acceptors (Lipinski definition) is 6. The number of thiazole rings is 1. The normalized spacial score (nSPS) is 19.6. The van der Waals surface area contributed by atoms with Gasteiger partial charge in [-0.3, -0.25) is 9.59 Å². The van der Waals surface area contributed by atoms with Gasteiger partial charge < -0.3 is 19.7 Å². The summed E-state index contributed by atoms with van der Waals surface area (Å²) in [4.78, 5) is 32.1. The molecule has 1 fully saturated rings. The minimum Gasteiger partial charge on any atom is -0.485 e. The maximum Gasteiger partial charge on any atom is 0.267 e. The molecule has 8 heteroatoms. The first kappa shape index (κ1) is 17.8. The van der Waals surface area contributed by atoms with Crippen LogP contribution in [0.5, 0.6) is 11.5 Å². The van der Waals surface area contributed by atoms with Crippen LogP contribution < -0.4 is 14.8 Å². The van der Waals surface area contributed by atoms with Gasteiger partial charge >= 0.3 is 0 Å². The van der Waals surface area contributed by atoms with Gasteiger partial charge in [0.25, 0.3) is 5.91 Å². The van der Waals surface area contributed by atoms with Crippen LogP contribution >= 0.6 is 11.3 Å². The van der Waals surface area contributed by atoms with E-state index in [2.05, 4.69) is 10.3 Å². The summed E-state index contributed by atoms with van der Waals surface area (Å²) in [6.07, 6.45) is 2.37. The Balaban J connectivity index is 1.30. The fourth-order valence-electron chi connectivity index (χ4n) is 3.33. The van der Waals surface area contributed by atoms with E-state index in [1.165, 1.54) is 11.3 Å². The van der Waals surface area contributed by atoms with Crippen LogP contribution in [-0.2, 0) is 9.59 Å². The first-order valence-corrected chi connectivity index (χ1v) is 9.82. The van der Waals surface area contributed by atoms with Gasteiger partial charge in [0.05, 0.1) is 0 Å². The molecule has 27 heavy (non-hydrogen) atoms. The van der Waals surface area contributed by atoms with E-state index in [-0.39, 0.29) is 24.3 Å². The number of ether oxygens (including phenoxy) is 2. The quantitative estimate of drug-likeness (QED) is 0.875. The first-order valence-electron chi connectivity index (χ1n) is 9.01. The summed E-state index contributed by atoms with van der Waals surface area (Å²) in [5.74, 6) is 1.04. The van der Waals surface area contributed by atoms with Crippen LogP contribution in [0.3, 0.4) is 0 Å². The molecule has 0 spiro atoms. The monoisotopic (exact) mass is 387 g/mol. The Bertz CT molecular complexity index is 845. The molecule has 0 unspecified atom stereocenters. The largest absolute Gasteiger partial charge is 0.485 e. The highest BCUT2D eigenvalue weighted by molar-refractivity contribution is 7.15. The molecule has 2 aliphatic heterocycles. The number of benzene rings is 1. The molecule has 1 saturated heterocycles. The second kappa shape index (κ2) is 7.56. The lowest BCUT2D eigenvalue weighted by Gasteiger charge is -2.34. The van der Waals surface area contributed by atoms with Crippen molar-refractivity contribution in [1.29, 1.82) is 0 Å². The van der Waals surface area contributed by atoms with Crippen molar-refractivity contribution in [3.05, 3.63) is 35.3 Å². The third-order valence-corrected chi connectivity index (χ3v) is 5.64. The van der Waals surface area contributed by atoms with Crippen LogP contribution in [0.25, 0.3) is 0 Å². The maximum absolute atomic E-state index is 12.7. The third-order valence-electron chi connectivity index (χ3n) is 4.81. The molecule has 1 N–H and O–H groups in total. The highest BCUT2D eigenvalue weighted by Crippen LogP contribution is 2.31. The number of para-hydroxylation sites is 2. The van der Waals surface area contributed by atoms with E-state index in [9.17, 15) is 9.59 Å². The second-order valence-electron chi connectivity index (χ2n) is 6.73. The summed E-state index contributed by atoms with van der Waals surface area (Å²) in [5.41, 5.74) is 0. The van der Waals surface area contributed by atoms with Crippen molar-refractivity contribution in [3.63, 3.8) is 0 Å². The van der Waals surface area contributed by atoms with Crippen LogP contribution in [0.2, 0.25) is 0 Å². The fraction of sp³-hybridized carbons (Fsp3) is 0.421. The number of nitrogens with one attached hydrogen (secondary N) is 1. The van der Waals surface area contributed by atoms with Gasteiger partial charge in [0.2, 0.25) is 12.0 Å². The van der Waals surface area contributed by atoms with Crippen molar-refractivity contribution in [2.24, 2.45) is 5.92 Å². The Morgan fingerprint density at radius 2 is 1.96 bits per heavy atom. The van der Waals surface area contributed by atoms with Gasteiger partial charge in [-0.05, 0) is 31.9 Å². The molecule has 1 aromatic carbocycles. The van der Waals surface area contributed by atoms with Crippen molar-refractivity contribution in [2.45, 2.75) is 25.9 Å². The number of amides is 2. The fourth-order valence-corrected chi connectivity index (χ4v) is 3.99. The van der Waals surface area contributed by atoms with E-state index in [1.807, 2.05) is 25.1 Å². The Kier molecular flexibility index (Phi) is 4.98. The Labute approximate surface area is 161 Å². The van der Waals surface area contributed by atoms with Crippen LogP contribution in [0, 0.1) is 12.8 Å². The minimum atomic E-state index is -0.636. The lowest BCUT2D eigenvalue weighted by molar-refractivity contribution is -0.143. The van der Waals surface area contributed by atoms with E-state index in [4.69, 9.17) is 9.47 Å². The summed E-state index contributed by atoms with van der Waals surface area (Å²) < 4.78 is 11.4. The second-order valence-corrected chi connectivity index (χ2v) is 7.96. The van der Waals surface area contributed by atoms with Crippen LogP contribution in [0.4, 0.5) is 5.13 Å². The molecule has 2 amide bonds. The van der Waals surface area contributed by atoms with Gasteiger partial charge in [-0.25, -0.2) is 4.98 Å². The van der Waals surface area contributed by atoms with Crippen LogP contribution in [0.1, 0.15) is 17.7 Å². The third kappa shape index (κ3) is 3.90. The Hall–Kier alpha value is -2.61. The zero-order valence-corrected chi connectivity index (χ0v) is 15.8. The smallest absolute Gasteiger partial charge is 0.267 e. The first-order chi connectivity index (χ1) is 13.1. The molecule has 0 radical (unpaired) electrons. The van der Waals surface area contributed by atoms with E-state index >= 15 is 0 Å². The van der Waals surface area contributed by atoms with E-state index in [0.717, 1.165) is 4.88 Å². The van der Waals surface area contributed by atoms with Gasteiger partial charge in [-0.2, -0.15) is 0 Å². The average molecular weight is 387 g/mol. The minimum absolute atomic E-state index is 0.0253. The van der Waals surface area contributed by atoms with Crippen LogP contribution in [0.15, 0.2) is 30.5 Å². The van der Waals surface area contributed by atoms with Gasteiger partial charge in [0, 0.05) is 30.1 Å². The Morgan fingerprint density at radius 1 is 1.22 bits per heavy atom. The zero-order chi connectivity index (χ0) is 18.8. The predicted molar refractivity (Wildman–Crippen MR) is 101 cm³/mol. The highest BCUT2D eigenvalue weighted by Gasteiger charge is 2.34. The zero-order valence-electron chi connectivity index (χ0n) is 15.0. The molecule has 1 atom stereocenters. The SMILES string of the molecule is Cc1cnc(NC(=O)C2CCN(C(=O)[C@@H]3COc4ccccc4O3)CC2)s1. The van der Waals surface area contributed by atoms with E-state index in [1.54, 1.807) is 17.2 Å². The topological polar surface area (TPSA) is 80.8 Å². The molecule has 142 valence electrons. The van der Waals surface area contributed by atoms with Gasteiger partial charge in [-0.15, -0.1) is 11.3 Å². The summed E-state index contributed by atoms with van der Waals surface area (Å²) in [7, 11) is 0. The van der Waals surface area contributed by atoms with Gasteiger partial charge in [-0.1, -0.05) is 12.1 Å². The lowest BCUT2D eigenvalue weighted by Crippen LogP contribution is -2.49. The van der Waals surface area contributed by atoms with Gasteiger partial charge in [0.15, 0.2) is 16.6 Å². The van der Waals surface area contributed by atoms with Crippen molar-refractivity contribution in [1.82, 2.24) is 9.88 Å². The standard InChI is InChI=1S/C19H21N3O4S/c1-12-10-20-19(27-12)21-17(23)13-6-8-22(9-7-13)18(24)16-11-25-14-4-2-3-5-15(14)26-16/h2-5,10,13,16H,6-9,11H2,1H3,(H,20,21,23)/t16-/m0/s1. The summed E-state index contributed by atoms with van der Waals surface area (Å²) in [6.45, 7) is 3.23. The molecular formula is C19H21N3O4S. The summed E-state index contributed by atoms with van der Waals surface area (Å²) in [6, 6.07) is 7.34. The van der Waals surface area contributed by atoms with Crippen molar-refractivity contribution >= 4 is 28.3 Å². The number of fused-ring (bicyclic) bond motifs is 1. The molecule has 2 aromatic rings. The van der Waals surface area contributed by atoms with Crippen LogP contribution in [-0.4, -0.2) is 47.5 Å². The summed E-state index contributed by atoms with van der Waals surface area (Å²) in [5, 5.41) is 3.50. The van der Waals surface area contributed by atoms with E-state index in [0.29, 0.717) is 42.6 Å². The highest BCUT2D eigenvalue weighted by atomic mass is 32.1. The van der Waals surface area contributed by atoms with E-state index < -0.39 is 6.10 Å². The molecule has 3 heterocycles. The number of hydrogen-bond donors (Lipinski definition) is 1. The predicted octanol–water partition coefficient (Wildman–Crippen LogP) is 2.47. The number of rotatable bonds is 3. The van der Waals surface area contributed by atoms with Gasteiger partial charge in [0.1, 0.15) is 6.61 Å². The van der Waals surface area contributed by atoms with Crippen molar-refractivity contribution < 1.29 is 19.1 Å². The maximum atomic E-state index is 12.7. The Morgan fingerprint density at radius 3 is 2.67 bits per heavy atom. The summed E-state index contributed by atoms with van der Waals surface area (Å²) >= 11 is 1.46. The number of aromatic nitrogens is 1. The number of aryl methyl sites for hydroxylation is 1. The lowest BCUT2D eigenvalue weighted by atomic mass is 9.95. The molecule has 7 nitrogen and oxygen atoms in total. The molecule has 1 aromatic heterocycles. The number of anilines is 1. The number of carbonyl (C=O) groups excluding carboxylic acids is 2. The average Bonchev–Trinajstić information content (AvgIpc) is 3.11. The van der Waals surface area contributed by atoms with Crippen molar-refractivity contribution in [3.8, 4) is 11.5 Å². The molecule has 0 saturated carbocycles. The number of nitrogens with zero attached hydrogens (tertiary/aromatic N) is 2. The molecule has 4 rings (SSSR count).